The predicted molar refractivity (Wildman–Crippen MR) is 137 cm³/mol. The van der Waals surface area contributed by atoms with E-state index in [9.17, 15) is 0 Å². The SMILES string of the molecule is CCNC(=NCC(C)N1CCOCC1)NC1CCN(c2cc(OC)cc(OC)c2)C1.I. The first-order chi connectivity index (χ1) is 14.6. The number of methoxy groups -OCH3 is 2. The number of guanidine groups is 1. The summed E-state index contributed by atoms with van der Waals surface area (Å²) in [5, 5.41) is 7.02. The van der Waals surface area contributed by atoms with Crippen molar-refractivity contribution >= 4 is 35.6 Å². The maximum atomic E-state index is 5.46. The molecule has 1 aromatic carbocycles. The van der Waals surface area contributed by atoms with E-state index in [1.807, 2.05) is 6.07 Å². The number of anilines is 1. The first kappa shape index (κ1) is 25.8. The molecule has 0 bridgehead atoms. The number of aliphatic imine (C=N–C) groups is 1. The second-order valence-electron chi connectivity index (χ2n) is 7.86. The average molecular weight is 547 g/mol. The van der Waals surface area contributed by atoms with Gasteiger partial charge in [0, 0.05) is 68.7 Å². The van der Waals surface area contributed by atoms with Crippen LogP contribution >= 0.6 is 24.0 Å². The van der Waals surface area contributed by atoms with Gasteiger partial charge in [0.05, 0.1) is 34.0 Å². The number of morpholine rings is 1. The standard InChI is InChI=1S/C22H37N5O3.HI/c1-5-23-22(24-15-17(2)26-8-10-30-11-9-26)25-18-6-7-27(16-18)19-12-20(28-3)14-21(13-19)29-4;/h12-14,17-18H,5-11,15-16H2,1-4H3,(H2,23,24,25);1H. The topological polar surface area (TPSA) is 70.6 Å². The molecule has 31 heavy (non-hydrogen) atoms. The third kappa shape index (κ3) is 7.57. The van der Waals surface area contributed by atoms with Gasteiger partial charge in [0.1, 0.15) is 11.5 Å². The Hall–Kier alpha value is -1.46. The lowest BCUT2D eigenvalue weighted by Crippen LogP contribution is -2.46. The minimum atomic E-state index is 0. The Morgan fingerprint density at radius 2 is 1.84 bits per heavy atom. The molecule has 0 aliphatic carbocycles. The molecule has 2 aliphatic rings. The van der Waals surface area contributed by atoms with Crippen molar-refractivity contribution in [2.24, 2.45) is 4.99 Å². The van der Waals surface area contributed by atoms with E-state index >= 15 is 0 Å². The molecule has 2 unspecified atom stereocenters. The molecule has 8 nitrogen and oxygen atoms in total. The van der Waals surface area contributed by atoms with Crippen molar-refractivity contribution in [2.75, 3.05) is 71.6 Å². The molecule has 2 saturated heterocycles. The van der Waals surface area contributed by atoms with Gasteiger partial charge in [-0.1, -0.05) is 0 Å². The molecule has 0 spiro atoms. The molecule has 2 atom stereocenters. The van der Waals surface area contributed by atoms with Crippen LogP contribution in [0.5, 0.6) is 11.5 Å². The number of nitrogens with zero attached hydrogens (tertiary/aromatic N) is 3. The van der Waals surface area contributed by atoms with Crippen LogP contribution in [0.15, 0.2) is 23.2 Å². The van der Waals surface area contributed by atoms with Crippen LogP contribution in [-0.4, -0.2) is 89.6 Å². The molecule has 2 heterocycles. The molecule has 2 fully saturated rings. The highest BCUT2D eigenvalue weighted by Crippen LogP contribution is 2.30. The van der Waals surface area contributed by atoms with E-state index in [1.54, 1.807) is 14.2 Å². The van der Waals surface area contributed by atoms with Crippen molar-refractivity contribution in [1.82, 2.24) is 15.5 Å². The number of ether oxygens (including phenoxy) is 3. The van der Waals surface area contributed by atoms with Crippen molar-refractivity contribution in [3.05, 3.63) is 18.2 Å². The number of nitrogens with one attached hydrogen (secondary N) is 2. The van der Waals surface area contributed by atoms with Crippen molar-refractivity contribution in [2.45, 2.75) is 32.4 Å². The number of hydrogen-bond acceptors (Lipinski definition) is 6. The molecule has 9 heteroatoms. The van der Waals surface area contributed by atoms with Crippen molar-refractivity contribution in [3.8, 4) is 11.5 Å². The maximum Gasteiger partial charge on any atom is 0.191 e. The fourth-order valence-corrected chi connectivity index (χ4v) is 3.96. The minimum Gasteiger partial charge on any atom is -0.497 e. The Bertz CT molecular complexity index is 677. The molecule has 3 rings (SSSR count). The summed E-state index contributed by atoms with van der Waals surface area (Å²) in [5.74, 6) is 2.52. The molecular formula is C22H38IN5O3. The second-order valence-corrected chi connectivity index (χ2v) is 7.86. The monoisotopic (exact) mass is 547 g/mol. The summed E-state index contributed by atoms with van der Waals surface area (Å²) in [7, 11) is 3.37. The summed E-state index contributed by atoms with van der Waals surface area (Å²) in [6.45, 7) is 11.5. The first-order valence-electron chi connectivity index (χ1n) is 11.0. The quantitative estimate of drug-likeness (QED) is 0.294. The van der Waals surface area contributed by atoms with Crippen LogP contribution in [0.4, 0.5) is 5.69 Å². The van der Waals surface area contributed by atoms with Gasteiger partial charge in [-0.3, -0.25) is 9.89 Å². The highest BCUT2D eigenvalue weighted by molar-refractivity contribution is 14.0. The van der Waals surface area contributed by atoms with Crippen LogP contribution in [0, 0.1) is 0 Å². The van der Waals surface area contributed by atoms with Crippen molar-refractivity contribution in [3.63, 3.8) is 0 Å². The zero-order chi connectivity index (χ0) is 21.3. The lowest BCUT2D eigenvalue weighted by Gasteiger charge is -2.31. The number of hydrogen-bond donors (Lipinski definition) is 2. The fraction of sp³-hybridized carbons (Fsp3) is 0.682. The highest BCUT2D eigenvalue weighted by atomic mass is 127. The largest absolute Gasteiger partial charge is 0.497 e. The third-order valence-electron chi connectivity index (χ3n) is 5.76. The number of rotatable bonds is 8. The molecule has 2 aliphatic heterocycles. The number of benzene rings is 1. The maximum absolute atomic E-state index is 5.46. The Kier molecular flexibility index (Phi) is 11.0. The Labute approximate surface area is 203 Å². The fourth-order valence-electron chi connectivity index (χ4n) is 3.96. The van der Waals surface area contributed by atoms with E-state index in [-0.39, 0.29) is 24.0 Å². The molecule has 2 N–H and O–H groups in total. The smallest absolute Gasteiger partial charge is 0.191 e. The summed E-state index contributed by atoms with van der Waals surface area (Å²) in [5.41, 5.74) is 1.12. The van der Waals surface area contributed by atoms with Gasteiger partial charge in [0.25, 0.3) is 0 Å². The molecule has 0 radical (unpaired) electrons. The Morgan fingerprint density at radius 1 is 1.16 bits per heavy atom. The van der Waals surface area contributed by atoms with Crippen LogP contribution in [0.2, 0.25) is 0 Å². The van der Waals surface area contributed by atoms with Crippen molar-refractivity contribution in [1.29, 1.82) is 0 Å². The van der Waals surface area contributed by atoms with E-state index in [0.29, 0.717) is 12.1 Å². The van der Waals surface area contributed by atoms with Crippen molar-refractivity contribution < 1.29 is 14.2 Å². The van der Waals surface area contributed by atoms with Crippen LogP contribution in [0.25, 0.3) is 0 Å². The summed E-state index contributed by atoms with van der Waals surface area (Å²) in [6, 6.07) is 6.79. The number of halogens is 1. The van der Waals surface area contributed by atoms with E-state index in [4.69, 9.17) is 19.2 Å². The molecule has 0 saturated carbocycles. The van der Waals surface area contributed by atoms with Gasteiger partial charge < -0.3 is 29.7 Å². The van der Waals surface area contributed by atoms with E-state index < -0.39 is 0 Å². The molecule has 0 aromatic heterocycles. The lowest BCUT2D eigenvalue weighted by atomic mass is 10.2. The Morgan fingerprint density at radius 3 is 2.45 bits per heavy atom. The zero-order valence-corrected chi connectivity index (χ0v) is 21.6. The van der Waals surface area contributed by atoms with E-state index in [2.05, 4.69) is 46.4 Å². The molecule has 1 aromatic rings. The van der Waals surface area contributed by atoms with E-state index in [0.717, 1.165) is 82.0 Å². The zero-order valence-electron chi connectivity index (χ0n) is 19.2. The van der Waals surface area contributed by atoms with E-state index in [1.165, 1.54) is 0 Å². The Balaban J connectivity index is 0.00000341. The van der Waals surface area contributed by atoms with Crippen LogP contribution < -0.4 is 25.0 Å². The minimum absolute atomic E-state index is 0. The van der Waals surface area contributed by atoms with Gasteiger partial charge in [-0.2, -0.15) is 0 Å². The predicted octanol–water partition coefficient (Wildman–Crippen LogP) is 2.18. The summed E-state index contributed by atoms with van der Waals surface area (Å²) >= 11 is 0. The van der Waals surface area contributed by atoms with Crippen LogP contribution in [-0.2, 0) is 4.74 Å². The lowest BCUT2D eigenvalue weighted by molar-refractivity contribution is 0.0220. The molecular weight excluding hydrogens is 509 g/mol. The third-order valence-corrected chi connectivity index (χ3v) is 5.76. The molecule has 176 valence electrons. The second kappa shape index (κ2) is 13.2. The normalized spacial score (nSPS) is 20.7. The van der Waals surface area contributed by atoms with Gasteiger partial charge >= 0.3 is 0 Å². The highest BCUT2D eigenvalue weighted by Gasteiger charge is 2.24. The summed E-state index contributed by atoms with van der Waals surface area (Å²) in [6.07, 6.45) is 1.06. The van der Waals surface area contributed by atoms with Gasteiger partial charge in [-0.15, -0.1) is 24.0 Å². The van der Waals surface area contributed by atoms with Gasteiger partial charge in [-0.25, -0.2) is 0 Å². The average Bonchev–Trinajstić information content (AvgIpc) is 3.26. The summed E-state index contributed by atoms with van der Waals surface area (Å²) < 4.78 is 16.3. The van der Waals surface area contributed by atoms with Crippen LogP contribution in [0.3, 0.4) is 0 Å². The summed E-state index contributed by atoms with van der Waals surface area (Å²) in [4.78, 5) is 9.67. The van der Waals surface area contributed by atoms with Crippen LogP contribution in [0.1, 0.15) is 20.3 Å². The van der Waals surface area contributed by atoms with Gasteiger partial charge in [0.2, 0.25) is 0 Å². The van der Waals surface area contributed by atoms with Gasteiger partial charge in [-0.05, 0) is 20.3 Å². The molecule has 0 amide bonds. The first-order valence-corrected chi connectivity index (χ1v) is 11.0. The van der Waals surface area contributed by atoms with Gasteiger partial charge in [0.15, 0.2) is 5.96 Å².